The van der Waals surface area contributed by atoms with E-state index in [-0.39, 0.29) is 11.8 Å². The number of amides is 1. The number of aryl methyl sites for hydroxylation is 1. The van der Waals surface area contributed by atoms with Gasteiger partial charge in [-0.15, -0.1) is 0 Å². The molecule has 1 amide bonds. The fourth-order valence-corrected chi connectivity index (χ4v) is 3.50. The smallest absolute Gasteiger partial charge is 0.236 e. The summed E-state index contributed by atoms with van der Waals surface area (Å²) >= 11 is 0. The van der Waals surface area contributed by atoms with E-state index in [9.17, 15) is 4.79 Å². The SMILES string of the molecule is COc1ccc2c(c1)[C@@H](C(=O)N(Cc1ccco1)c1ccccn1)CC2. The van der Waals surface area contributed by atoms with Gasteiger partial charge in [-0.1, -0.05) is 12.1 Å². The molecule has 0 fully saturated rings. The van der Waals surface area contributed by atoms with Crippen LogP contribution >= 0.6 is 0 Å². The Morgan fingerprint density at radius 2 is 2.19 bits per heavy atom. The monoisotopic (exact) mass is 348 g/mol. The van der Waals surface area contributed by atoms with Crippen LogP contribution in [-0.2, 0) is 17.8 Å². The van der Waals surface area contributed by atoms with Gasteiger partial charge in [0.25, 0.3) is 0 Å². The average molecular weight is 348 g/mol. The molecule has 5 heteroatoms. The van der Waals surface area contributed by atoms with Crippen LogP contribution in [0.4, 0.5) is 5.82 Å². The molecule has 26 heavy (non-hydrogen) atoms. The molecule has 1 atom stereocenters. The fourth-order valence-electron chi connectivity index (χ4n) is 3.50. The molecule has 2 heterocycles. The number of rotatable bonds is 5. The summed E-state index contributed by atoms with van der Waals surface area (Å²) < 4.78 is 10.8. The number of fused-ring (bicyclic) bond motifs is 1. The molecule has 1 aliphatic rings. The number of anilines is 1. The van der Waals surface area contributed by atoms with Gasteiger partial charge in [0.1, 0.15) is 17.3 Å². The molecule has 5 nitrogen and oxygen atoms in total. The summed E-state index contributed by atoms with van der Waals surface area (Å²) in [5.41, 5.74) is 2.26. The number of benzene rings is 1. The van der Waals surface area contributed by atoms with Crippen LogP contribution < -0.4 is 9.64 Å². The lowest BCUT2D eigenvalue weighted by Crippen LogP contribution is -2.34. The minimum absolute atomic E-state index is 0.0344. The van der Waals surface area contributed by atoms with Crippen molar-refractivity contribution in [2.24, 2.45) is 0 Å². The van der Waals surface area contributed by atoms with Crippen molar-refractivity contribution in [2.45, 2.75) is 25.3 Å². The van der Waals surface area contributed by atoms with Crippen LogP contribution in [0.5, 0.6) is 5.75 Å². The molecule has 4 rings (SSSR count). The standard InChI is InChI=1S/C21H20N2O3/c1-25-16-9-7-15-8-10-18(19(15)13-16)21(24)23(14-17-5-4-12-26-17)20-6-2-3-11-22-20/h2-7,9,11-13,18H,8,10,14H2,1H3/t18-/m0/s1. The first-order valence-corrected chi connectivity index (χ1v) is 8.68. The van der Waals surface area contributed by atoms with Crippen molar-refractivity contribution in [3.63, 3.8) is 0 Å². The van der Waals surface area contributed by atoms with Crippen molar-refractivity contribution < 1.29 is 13.9 Å². The Balaban J connectivity index is 1.68. The van der Waals surface area contributed by atoms with Gasteiger partial charge in [-0.3, -0.25) is 9.69 Å². The van der Waals surface area contributed by atoms with Crippen LogP contribution in [0.3, 0.4) is 0 Å². The zero-order valence-electron chi connectivity index (χ0n) is 14.6. The number of ether oxygens (including phenoxy) is 1. The van der Waals surface area contributed by atoms with Gasteiger partial charge in [0.2, 0.25) is 5.91 Å². The Morgan fingerprint density at radius 1 is 1.27 bits per heavy atom. The maximum Gasteiger partial charge on any atom is 0.236 e. The van der Waals surface area contributed by atoms with E-state index >= 15 is 0 Å². The summed E-state index contributed by atoms with van der Waals surface area (Å²) in [6, 6.07) is 15.3. The van der Waals surface area contributed by atoms with Crippen molar-refractivity contribution in [3.05, 3.63) is 77.9 Å². The molecule has 0 saturated carbocycles. The maximum atomic E-state index is 13.4. The van der Waals surface area contributed by atoms with E-state index in [0.29, 0.717) is 12.4 Å². The highest BCUT2D eigenvalue weighted by molar-refractivity contribution is 5.98. The number of hydrogen-bond donors (Lipinski definition) is 0. The zero-order chi connectivity index (χ0) is 17.9. The summed E-state index contributed by atoms with van der Waals surface area (Å²) in [5, 5.41) is 0. The van der Waals surface area contributed by atoms with Crippen LogP contribution in [0.25, 0.3) is 0 Å². The van der Waals surface area contributed by atoms with Gasteiger partial charge in [-0.25, -0.2) is 4.98 Å². The highest BCUT2D eigenvalue weighted by atomic mass is 16.5. The van der Waals surface area contributed by atoms with Crippen LogP contribution in [0.15, 0.2) is 65.4 Å². The van der Waals surface area contributed by atoms with Crippen molar-refractivity contribution in [1.82, 2.24) is 4.98 Å². The summed E-state index contributed by atoms with van der Waals surface area (Å²) in [5.74, 6) is 1.97. The Hall–Kier alpha value is -3.08. The van der Waals surface area contributed by atoms with E-state index in [4.69, 9.17) is 9.15 Å². The molecular formula is C21H20N2O3. The maximum absolute atomic E-state index is 13.4. The Bertz CT molecular complexity index is 891. The number of nitrogens with zero attached hydrogens (tertiary/aromatic N) is 2. The van der Waals surface area contributed by atoms with Crippen molar-refractivity contribution in [2.75, 3.05) is 12.0 Å². The first-order valence-electron chi connectivity index (χ1n) is 8.68. The number of pyridine rings is 1. The van der Waals surface area contributed by atoms with Crippen molar-refractivity contribution in [3.8, 4) is 5.75 Å². The predicted octanol–water partition coefficient (Wildman–Crippen LogP) is 3.95. The third-order valence-electron chi connectivity index (χ3n) is 4.81. The zero-order valence-corrected chi connectivity index (χ0v) is 14.6. The molecule has 132 valence electrons. The highest BCUT2D eigenvalue weighted by Gasteiger charge is 2.33. The summed E-state index contributed by atoms with van der Waals surface area (Å²) in [6.45, 7) is 0.360. The minimum Gasteiger partial charge on any atom is -0.497 e. The second kappa shape index (κ2) is 7.04. The molecule has 0 aliphatic heterocycles. The van der Waals surface area contributed by atoms with Gasteiger partial charge in [-0.2, -0.15) is 0 Å². The molecule has 3 aromatic rings. The van der Waals surface area contributed by atoms with Gasteiger partial charge in [0.05, 0.1) is 25.8 Å². The largest absolute Gasteiger partial charge is 0.497 e. The fraction of sp³-hybridized carbons (Fsp3) is 0.238. The van der Waals surface area contributed by atoms with Crippen LogP contribution in [0.1, 0.15) is 29.2 Å². The number of hydrogen-bond acceptors (Lipinski definition) is 4. The third-order valence-corrected chi connectivity index (χ3v) is 4.81. The first kappa shape index (κ1) is 16.4. The van der Waals surface area contributed by atoms with Gasteiger partial charge in [-0.05, 0) is 60.4 Å². The molecular weight excluding hydrogens is 328 g/mol. The predicted molar refractivity (Wildman–Crippen MR) is 98.2 cm³/mol. The second-order valence-corrected chi connectivity index (χ2v) is 6.35. The van der Waals surface area contributed by atoms with Gasteiger partial charge in [0.15, 0.2) is 0 Å². The molecule has 0 radical (unpaired) electrons. The molecule has 1 aliphatic carbocycles. The number of aromatic nitrogens is 1. The molecule has 0 spiro atoms. The van der Waals surface area contributed by atoms with Crippen LogP contribution in [0.2, 0.25) is 0 Å². The highest BCUT2D eigenvalue weighted by Crippen LogP contribution is 2.37. The van der Waals surface area contributed by atoms with E-state index in [0.717, 1.165) is 29.9 Å². The Labute approximate surface area is 152 Å². The quantitative estimate of drug-likeness (QED) is 0.701. The minimum atomic E-state index is -0.197. The van der Waals surface area contributed by atoms with E-state index in [1.165, 1.54) is 5.56 Å². The lowest BCUT2D eigenvalue weighted by atomic mass is 9.99. The first-order chi connectivity index (χ1) is 12.8. The van der Waals surface area contributed by atoms with Crippen molar-refractivity contribution >= 4 is 11.7 Å². The molecule has 0 N–H and O–H groups in total. The Kier molecular flexibility index (Phi) is 4.44. The molecule has 2 aromatic heterocycles. The number of carbonyl (C=O) groups excluding carboxylic acids is 1. The number of carbonyl (C=O) groups is 1. The van der Waals surface area contributed by atoms with Crippen LogP contribution in [0, 0.1) is 0 Å². The lowest BCUT2D eigenvalue weighted by Gasteiger charge is -2.24. The normalized spacial score (nSPS) is 15.5. The summed E-state index contributed by atoms with van der Waals surface area (Å²) in [4.78, 5) is 19.5. The van der Waals surface area contributed by atoms with E-state index in [2.05, 4.69) is 11.1 Å². The Morgan fingerprint density at radius 3 is 2.92 bits per heavy atom. The van der Waals surface area contributed by atoms with Gasteiger partial charge < -0.3 is 9.15 Å². The summed E-state index contributed by atoms with van der Waals surface area (Å²) in [6.07, 6.45) is 5.00. The van der Waals surface area contributed by atoms with Gasteiger partial charge >= 0.3 is 0 Å². The molecule has 0 bridgehead atoms. The van der Waals surface area contributed by atoms with Gasteiger partial charge in [0, 0.05) is 6.20 Å². The van der Waals surface area contributed by atoms with E-state index < -0.39 is 0 Å². The van der Waals surface area contributed by atoms with E-state index in [1.807, 2.05) is 42.5 Å². The second-order valence-electron chi connectivity index (χ2n) is 6.35. The number of furan rings is 1. The summed E-state index contributed by atoms with van der Waals surface area (Å²) in [7, 11) is 1.64. The van der Waals surface area contributed by atoms with Crippen molar-refractivity contribution in [1.29, 1.82) is 0 Å². The van der Waals surface area contributed by atoms with Crippen LogP contribution in [-0.4, -0.2) is 18.0 Å². The molecule has 0 saturated heterocycles. The third kappa shape index (κ3) is 3.08. The average Bonchev–Trinajstić information content (AvgIpc) is 3.35. The molecule has 1 aromatic carbocycles. The lowest BCUT2D eigenvalue weighted by molar-refractivity contribution is -0.120. The number of methoxy groups -OCH3 is 1. The molecule has 0 unspecified atom stereocenters. The van der Waals surface area contributed by atoms with E-state index in [1.54, 1.807) is 24.5 Å². The topological polar surface area (TPSA) is 55.6 Å².